The number of aryl methyl sites for hydroxylation is 1. The van der Waals surface area contributed by atoms with Crippen molar-refractivity contribution in [1.82, 2.24) is 14.9 Å². The van der Waals surface area contributed by atoms with E-state index < -0.39 is 5.60 Å². The van der Waals surface area contributed by atoms with E-state index >= 15 is 0 Å². The zero-order valence-electron chi connectivity index (χ0n) is 12.9. The normalized spacial score (nSPS) is 22.4. The first-order valence-corrected chi connectivity index (χ1v) is 7.31. The number of rotatable bonds is 3. The van der Waals surface area contributed by atoms with E-state index in [-0.39, 0.29) is 0 Å². The fourth-order valence-corrected chi connectivity index (χ4v) is 3.26. The fourth-order valence-electron chi connectivity index (χ4n) is 3.26. The number of β-amino-alcohol motifs (C(OH)–C–C–N with tert-alkyl or cyclic N) is 1. The molecule has 1 N–H and O–H groups in total. The molecule has 1 fully saturated rings. The Kier molecular flexibility index (Phi) is 3.55. The van der Waals surface area contributed by atoms with Gasteiger partial charge in [0.1, 0.15) is 12.1 Å². The topological polar surface area (TPSA) is 52.5 Å². The van der Waals surface area contributed by atoms with Crippen LogP contribution in [0.1, 0.15) is 12.0 Å². The smallest absolute Gasteiger partial charge is 0.140 e. The maximum atomic E-state index is 10.7. The third kappa shape index (κ3) is 2.71. The second-order valence-corrected chi connectivity index (χ2v) is 6.30. The molecule has 1 saturated heterocycles. The largest absolute Gasteiger partial charge is 0.387 e. The van der Waals surface area contributed by atoms with Crippen LogP contribution in [0.2, 0.25) is 0 Å². The van der Waals surface area contributed by atoms with Gasteiger partial charge in [-0.15, -0.1) is 0 Å². The van der Waals surface area contributed by atoms with E-state index in [4.69, 9.17) is 0 Å². The van der Waals surface area contributed by atoms with Crippen molar-refractivity contribution in [1.29, 1.82) is 0 Å². The fraction of sp³-hybridized carbons (Fsp3) is 0.500. The number of nitrogens with zero attached hydrogens (tertiary/aromatic N) is 4. The summed E-state index contributed by atoms with van der Waals surface area (Å²) in [6, 6.07) is 6.10. The van der Waals surface area contributed by atoms with E-state index in [9.17, 15) is 5.11 Å². The number of aromatic nitrogens is 2. The van der Waals surface area contributed by atoms with Crippen LogP contribution in [0.5, 0.6) is 0 Å². The van der Waals surface area contributed by atoms with Gasteiger partial charge in [0.2, 0.25) is 0 Å². The molecule has 112 valence electrons. The molecule has 1 aromatic heterocycles. The van der Waals surface area contributed by atoms with Crippen LogP contribution in [-0.2, 0) is 0 Å². The second kappa shape index (κ2) is 5.24. The molecule has 2 heterocycles. The summed E-state index contributed by atoms with van der Waals surface area (Å²) in [6.45, 7) is 4.19. The summed E-state index contributed by atoms with van der Waals surface area (Å²) in [6.07, 6.45) is 2.38. The van der Waals surface area contributed by atoms with E-state index in [0.717, 1.165) is 29.7 Å². The number of anilines is 1. The third-order valence-corrected chi connectivity index (χ3v) is 4.09. The summed E-state index contributed by atoms with van der Waals surface area (Å²) >= 11 is 0. The highest BCUT2D eigenvalue weighted by Crippen LogP contribution is 2.31. The highest BCUT2D eigenvalue weighted by molar-refractivity contribution is 5.92. The van der Waals surface area contributed by atoms with Gasteiger partial charge in [0.15, 0.2) is 0 Å². The maximum absolute atomic E-state index is 10.7. The van der Waals surface area contributed by atoms with Crippen molar-refractivity contribution in [2.75, 3.05) is 38.6 Å². The maximum Gasteiger partial charge on any atom is 0.140 e. The van der Waals surface area contributed by atoms with Crippen LogP contribution in [0.4, 0.5) is 5.82 Å². The van der Waals surface area contributed by atoms with Crippen molar-refractivity contribution >= 4 is 16.7 Å². The monoisotopic (exact) mass is 286 g/mol. The average molecular weight is 286 g/mol. The average Bonchev–Trinajstić information content (AvgIpc) is 2.79. The number of fused-ring (bicyclic) bond motifs is 1. The SMILES string of the molecule is Cc1cccc2ncnc(N3CCC(O)(CN(C)C)C3)c12. The van der Waals surface area contributed by atoms with Gasteiger partial charge in [0, 0.05) is 25.0 Å². The molecule has 0 aliphatic carbocycles. The highest BCUT2D eigenvalue weighted by atomic mass is 16.3. The van der Waals surface area contributed by atoms with Crippen LogP contribution in [0, 0.1) is 6.92 Å². The molecular weight excluding hydrogens is 264 g/mol. The zero-order valence-corrected chi connectivity index (χ0v) is 12.9. The molecule has 21 heavy (non-hydrogen) atoms. The predicted molar refractivity (Wildman–Crippen MR) is 84.6 cm³/mol. The van der Waals surface area contributed by atoms with E-state index in [2.05, 4.69) is 27.9 Å². The molecular formula is C16H22N4O. The first-order valence-electron chi connectivity index (χ1n) is 7.31. The summed E-state index contributed by atoms with van der Waals surface area (Å²) in [5.41, 5.74) is 1.47. The minimum Gasteiger partial charge on any atom is -0.387 e. The summed E-state index contributed by atoms with van der Waals surface area (Å²) in [4.78, 5) is 13.1. The summed E-state index contributed by atoms with van der Waals surface area (Å²) in [7, 11) is 3.98. The lowest BCUT2D eigenvalue weighted by molar-refractivity contribution is 0.0366. The molecule has 5 nitrogen and oxygen atoms in total. The molecule has 3 rings (SSSR count). The number of hydrogen-bond acceptors (Lipinski definition) is 5. The highest BCUT2D eigenvalue weighted by Gasteiger charge is 2.37. The van der Waals surface area contributed by atoms with E-state index in [0.29, 0.717) is 13.1 Å². The predicted octanol–water partition coefficient (Wildman–Crippen LogP) is 1.44. The van der Waals surface area contributed by atoms with Crippen molar-refractivity contribution < 1.29 is 5.11 Å². The Bertz CT molecular complexity index is 653. The molecule has 1 atom stereocenters. The second-order valence-electron chi connectivity index (χ2n) is 6.30. The van der Waals surface area contributed by atoms with Gasteiger partial charge in [-0.1, -0.05) is 12.1 Å². The van der Waals surface area contributed by atoms with Gasteiger partial charge in [-0.05, 0) is 39.1 Å². The van der Waals surface area contributed by atoms with Gasteiger partial charge < -0.3 is 14.9 Å². The van der Waals surface area contributed by atoms with Gasteiger partial charge in [-0.2, -0.15) is 0 Å². The van der Waals surface area contributed by atoms with E-state index in [1.165, 1.54) is 5.56 Å². The number of aliphatic hydroxyl groups is 1. The summed E-state index contributed by atoms with van der Waals surface area (Å²) in [5, 5.41) is 11.8. The Hall–Kier alpha value is -1.72. The molecule has 1 aliphatic heterocycles. The molecule has 1 unspecified atom stereocenters. The van der Waals surface area contributed by atoms with Gasteiger partial charge in [-0.25, -0.2) is 9.97 Å². The van der Waals surface area contributed by atoms with Crippen LogP contribution in [0.15, 0.2) is 24.5 Å². The Morgan fingerprint density at radius 3 is 2.90 bits per heavy atom. The Labute approximate surface area is 125 Å². The van der Waals surface area contributed by atoms with Gasteiger partial charge >= 0.3 is 0 Å². The molecule has 0 amide bonds. The van der Waals surface area contributed by atoms with Crippen LogP contribution in [-0.4, -0.2) is 59.3 Å². The Morgan fingerprint density at radius 1 is 1.33 bits per heavy atom. The molecule has 0 saturated carbocycles. The van der Waals surface area contributed by atoms with Crippen molar-refractivity contribution in [2.45, 2.75) is 18.9 Å². The lowest BCUT2D eigenvalue weighted by Crippen LogP contribution is -2.42. The molecule has 0 radical (unpaired) electrons. The molecule has 0 bridgehead atoms. The quantitative estimate of drug-likeness (QED) is 0.925. The molecule has 5 heteroatoms. The lowest BCUT2D eigenvalue weighted by Gasteiger charge is -2.27. The van der Waals surface area contributed by atoms with Crippen LogP contribution < -0.4 is 4.90 Å². The number of likely N-dealkylation sites (N-methyl/N-ethyl adjacent to an activating group) is 1. The van der Waals surface area contributed by atoms with E-state index in [1.807, 2.05) is 31.1 Å². The zero-order chi connectivity index (χ0) is 15.0. The van der Waals surface area contributed by atoms with Gasteiger partial charge in [0.25, 0.3) is 0 Å². The summed E-state index contributed by atoms with van der Waals surface area (Å²) < 4.78 is 0. The molecule has 1 aromatic carbocycles. The Balaban J connectivity index is 1.96. The van der Waals surface area contributed by atoms with Crippen molar-refractivity contribution in [3.8, 4) is 0 Å². The van der Waals surface area contributed by atoms with Crippen molar-refractivity contribution in [3.05, 3.63) is 30.1 Å². The van der Waals surface area contributed by atoms with Crippen LogP contribution in [0.3, 0.4) is 0 Å². The standard InChI is InChI=1S/C16H22N4O/c1-12-5-4-6-13-14(12)15(18-11-17-13)20-8-7-16(21,10-20)9-19(2)3/h4-6,11,21H,7-10H2,1-3H3. The molecule has 0 spiro atoms. The first kappa shape index (κ1) is 14.2. The van der Waals surface area contributed by atoms with Crippen LogP contribution in [0.25, 0.3) is 10.9 Å². The first-order chi connectivity index (χ1) is 9.98. The number of hydrogen-bond donors (Lipinski definition) is 1. The summed E-state index contributed by atoms with van der Waals surface area (Å²) in [5.74, 6) is 0.938. The van der Waals surface area contributed by atoms with Crippen molar-refractivity contribution in [3.63, 3.8) is 0 Å². The van der Waals surface area contributed by atoms with Gasteiger partial charge in [0.05, 0.1) is 11.1 Å². The van der Waals surface area contributed by atoms with Gasteiger partial charge in [-0.3, -0.25) is 0 Å². The Morgan fingerprint density at radius 2 is 2.14 bits per heavy atom. The minimum atomic E-state index is -0.663. The third-order valence-electron chi connectivity index (χ3n) is 4.09. The molecule has 2 aromatic rings. The van der Waals surface area contributed by atoms with Crippen LogP contribution >= 0.6 is 0 Å². The number of benzene rings is 1. The molecule has 1 aliphatic rings. The lowest BCUT2D eigenvalue weighted by atomic mass is 10.0. The minimum absolute atomic E-state index is 0.617. The van der Waals surface area contributed by atoms with E-state index in [1.54, 1.807) is 6.33 Å². The van der Waals surface area contributed by atoms with Crippen molar-refractivity contribution in [2.24, 2.45) is 0 Å².